The van der Waals surface area contributed by atoms with Crippen LogP contribution in [0.5, 0.6) is 0 Å². The largest absolute Gasteiger partial charge is 0.386 e. The zero-order chi connectivity index (χ0) is 26.1. The molecule has 3 aromatic rings. The molecular formula is C23H23F2N5O4S. The van der Waals surface area contributed by atoms with E-state index in [2.05, 4.69) is 15.6 Å². The summed E-state index contributed by atoms with van der Waals surface area (Å²) >= 11 is 0.853. The van der Waals surface area contributed by atoms with E-state index in [9.17, 15) is 28.3 Å². The third-order valence-corrected chi connectivity index (χ3v) is 6.00. The number of hydrogen-bond acceptors (Lipinski definition) is 7. The number of nitrogens with one attached hydrogen (secondary N) is 2. The summed E-state index contributed by atoms with van der Waals surface area (Å²) in [6, 6.07) is 6.61. The van der Waals surface area contributed by atoms with Gasteiger partial charge in [-0.3, -0.25) is 14.4 Å². The molecule has 9 nitrogen and oxygen atoms in total. The molecule has 0 aliphatic rings. The average molecular weight is 504 g/mol. The van der Waals surface area contributed by atoms with Crippen LogP contribution in [-0.2, 0) is 15.2 Å². The van der Waals surface area contributed by atoms with E-state index in [1.54, 1.807) is 0 Å². The molecule has 3 amide bonds. The standard InChI is InChI=1S/C23H23F2N5O4S/c1-10(31)28-19(21(27)33)15-5-4-6-17(29-15)30-22-12(20(26)32)9-16(35-22)18-13(24)7-11(8-14(18)25)23(2,3)34/h4-9,19,34H,1-3H3,(H2,26,32)(H2,27,33)(H,28,31)(H,29,30). The molecular weight excluding hydrogens is 480 g/mol. The molecule has 2 aromatic heterocycles. The fourth-order valence-corrected chi connectivity index (χ4v) is 4.36. The van der Waals surface area contributed by atoms with Gasteiger partial charge in [0.1, 0.15) is 22.5 Å². The number of pyridine rings is 1. The molecule has 12 heteroatoms. The number of primary amides is 2. The van der Waals surface area contributed by atoms with Crippen LogP contribution in [0, 0.1) is 11.6 Å². The lowest BCUT2D eigenvalue weighted by Gasteiger charge is -2.18. The third-order valence-electron chi connectivity index (χ3n) is 4.93. The van der Waals surface area contributed by atoms with Gasteiger partial charge in [0.25, 0.3) is 5.91 Å². The lowest BCUT2D eigenvalue weighted by atomic mass is 9.96. The summed E-state index contributed by atoms with van der Waals surface area (Å²) in [7, 11) is 0. The van der Waals surface area contributed by atoms with Crippen molar-refractivity contribution in [2.75, 3.05) is 5.32 Å². The summed E-state index contributed by atoms with van der Waals surface area (Å²) in [4.78, 5) is 39.5. The molecule has 2 heterocycles. The molecule has 35 heavy (non-hydrogen) atoms. The number of thiophene rings is 1. The highest BCUT2D eigenvalue weighted by molar-refractivity contribution is 7.20. The van der Waals surface area contributed by atoms with E-state index < -0.39 is 41.0 Å². The molecule has 0 aliphatic carbocycles. The van der Waals surface area contributed by atoms with E-state index >= 15 is 0 Å². The van der Waals surface area contributed by atoms with Crippen LogP contribution in [0.15, 0.2) is 36.4 Å². The Hall–Kier alpha value is -3.90. The molecule has 1 atom stereocenters. The summed E-state index contributed by atoms with van der Waals surface area (Å²) in [6.45, 7) is 4.01. The van der Waals surface area contributed by atoms with Crippen LogP contribution >= 0.6 is 11.3 Å². The van der Waals surface area contributed by atoms with Crippen molar-refractivity contribution in [3.8, 4) is 10.4 Å². The smallest absolute Gasteiger partial charge is 0.251 e. The summed E-state index contributed by atoms with van der Waals surface area (Å²) in [5.74, 6) is -3.87. The maximum Gasteiger partial charge on any atom is 0.251 e. The van der Waals surface area contributed by atoms with Crippen molar-refractivity contribution in [2.45, 2.75) is 32.4 Å². The number of aliphatic hydroxyl groups is 1. The van der Waals surface area contributed by atoms with Gasteiger partial charge in [0.2, 0.25) is 11.8 Å². The van der Waals surface area contributed by atoms with Crippen LogP contribution in [0.25, 0.3) is 10.4 Å². The van der Waals surface area contributed by atoms with Gasteiger partial charge in [-0.05, 0) is 49.7 Å². The van der Waals surface area contributed by atoms with Crippen molar-refractivity contribution in [3.05, 3.63) is 64.9 Å². The summed E-state index contributed by atoms with van der Waals surface area (Å²) in [5.41, 5.74) is 9.11. The number of anilines is 2. The Labute approximate surface area is 203 Å². The first-order valence-corrected chi connectivity index (χ1v) is 11.1. The normalized spacial score (nSPS) is 12.2. The number of nitrogens with two attached hydrogens (primary N) is 2. The average Bonchev–Trinajstić information content (AvgIpc) is 3.14. The number of amides is 3. The Kier molecular flexibility index (Phi) is 7.17. The molecule has 0 fully saturated rings. The van der Waals surface area contributed by atoms with E-state index in [-0.39, 0.29) is 38.1 Å². The van der Waals surface area contributed by atoms with Gasteiger partial charge < -0.3 is 27.2 Å². The van der Waals surface area contributed by atoms with Crippen LogP contribution in [0.3, 0.4) is 0 Å². The predicted molar refractivity (Wildman–Crippen MR) is 127 cm³/mol. The van der Waals surface area contributed by atoms with Crippen LogP contribution in [0.4, 0.5) is 19.6 Å². The van der Waals surface area contributed by atoms with Crippen LogP contribution < -0.4 is 22.1 Å². The first-order valence-electron chi connectivity index (χ1n) is 10.2. The molecule has 0 spiro atoms. The number of rotatable bonds is 8. The molecule has 0 saturated carbocycles. The van der Waals surface area contributed by atoms with Crippen LogP contribution in [0.2, 0.25) is 0 Å². The van der Waals surface area contributed by atoms with E-state index in [0.29, 0.717) is 0 Å². The van der Waals surface area contributed by atoms with Crippen molar-refractivity contribution in [1.82, 2.24) is 10.3 Å². The molecule has 1 aromatic carbocycles. The number of hydrogen-bond donors (Lipinski definition) is 5. The molecule has 184 valence electrons. The number of aromatic nitrogens is 1. The van der Waals surface area contributed by atoms with Gasteiger partial charge in [0.05, 0.1) is 22.4 Å². The number of carbonyl (C=O) groups excluding carboxylic acids is 3. The Morgan fingerprint density at radius 1 is 1.11 bits per heavy atom. The highest BCUT2D eigenvalue weighted by Gasteiger charge is 2.25. The first-order chi connectivity index (χ1) is 16.3. The number of halogens is 2. The maximum absolute atomic E-state index is 14.8. The minimum Gasteiger partial charge on any atom is -0.386 e. The highest BCUT2D eigenvalue weighted by Crippen LogP contribution is 2.40. The fraction of sp³-hybridized carbons (Fsp3) is 0.217. The molecule has 0 saturated heterocycles. The highest BCUT2D eigenvalue weighted by atomic mass is 32.1. The van der Waals surface area contributed by atoms with Crippen molar-refractivity contribution in [2.24, 2.45) is 11.5 Å². The summed E-state index contributed by atoms with van der Waals surface area (Å²) < 4.78 is 29.7. The topological polar surface area (TPSA) is 160 Å². The van der Waals surface area contributed by atoms with Gasteiger partial charge in [-0.2, -0.15) is 0 Å². The first kappa shape index (κ1) is 25.7. The summed E-state index contributed by atoms with van der Waals surface area (Å²) in [5, 5.41) is 15.5. The number of carbonyl (C=O) groups is 3. The quantitative estimate of drug-likeness (QED) is 0.318. The second-order valence-corrected chi connectivity index (χ2v) is 9.25. The van der Waals surface area contributed by atoms with E-state index in [1.807, 2.05) is 0 Å². The van der Waals surface area contributed by atoms with E-state index in [4.69, 9.17) is 11.5 Å². The van der Waals surface area contributed by atoms with Gasteiger partial charge in [-0.1, -0.05) is 6.07 Å². The van der Waals surface area contributed by atoms with Gasteiger partial charge in [-0.25, -0.2) is 13.8 Å². The fourth-order valence-electron chi connectivity index (χ4n) is 3.24. The Morgan fingerprint density at radius 3 is 2.26 bits per heavy atom. The van der Waals surface area contributed by atoms with Crippen molar-refractivity contribution in [1.29, 1.82) is 0 Å². The van der Waals surface area contributed by atoms with Crippen molar-refractivity contribution < 1.29 is 28.3 Å². The molecule has 7 N–H and O–H groups in total. The lowest BCUT2D eigenvalue weighted by molar-refractivity contribution is -0.126. The minimum absolute atomic E-state index is 0.0455. The van der Waals surface area contributed by atoms with Gasteiger partial charge in [0.15, 0.2) is 6.04 Å². The van der Waals surface area contributed by atoms with Crippen molar-refractivity contribution in [3.63, 3.8) is 0 Å². The molecule has 0 radical (unpaired) electrons. The maximum atomic E-state index is 14.8. The number of nitrogens with zero attached hydrogens (tertiary/aromatic N) is 1. The number of benzene rings is 1. The second kappa shape index (κ2) is 9.76. The van der Waals surface area contributed by atoms with Crippen molar-refractivity contribution >= 4 is 39.9 Å². The van der Waals surface area contributed by atoms with Crippen LogP contribution in [-0.4, -0.2) is 27.8 Å². The Balaban J connectivity index is 2.02. The third kappa shape index (κ3) is 5.78. The molecule has 0 aliphatic heterocycles. The minimum atomic E-state index is -1.46. The van der Waals surface area contributed by atoms with Gasteiger partial charge in [-0.15, -0.1) is 11.3 Å². The summed E-state index contributed by atoms with van der Waals surface area (Å²) in [6.07, 6.45) is 0. The van der Waals surface area contributed by atoms with E-state index in [0.717, 1.165) is 23.5 Å². The second-order valence-electron chi connectivity index (χ2n) is 8.20. The Morgan fingerprint density at radius 2 is 1.74 bits per heavy atom. The molecule has 1 unspecified atom stereocenters. The zero-order valence-electron chi connectivity index (χ0n) is 19.0. The van der Waals surface area contributed by atoms with E-state index in [1.165, 1.54) is 45.0 Å². The molecule has 0 bridgehead atoms. The monoisotopic (exact) mass is 503 g/mol. The van der Waals surface area contributed by atoms with Gasteiger partial charge in [0, 0.05) is 11.8 Å². The predicted octanol–water partition coefficient (Wildman–Crippen LogP) is 2.82. The Bertz CT molecular complexity index is 1300. The van der Waals surface area contributed by atoms with Gasteiger partial charge >= 0.3 is 0 Å². The SMILES string of the molecule is CC(=O)NC(C(N)=O)c1cccc(Nc2sc(-c3c(F)cc(C(C)(C)O)cc3F)cc2C(N)=O)n1. The molecule has 3 rings (SSSR count). The lowest BCUT2D eigenvalue weighted by Crippen LogP contribution is -2.36. The van der Waals surface area contributed by atoms with Crippen LogP contribution in [0.1, 0.15) is 48.4 Å². The zero-order valence-corrected chi connectivity index (χ0v) is 19.8.